The van der Waals surface area contributed by atoms with Crippen LogP contribution in [-0.4, -0.2) is 82.1 Å². The first-order chi connectivity index (χ1) is 13.3. The van der Waals surface area contributed by atoms with Crippen LogP contribution >= 0.6 is 0 Å². The number of benzene rings is 1. The molecule has 28 heavy (non-hydrogen) atoms. The van der Waals surface area contributed by atoms with Gasteiger partial charge >= 0.3 is 5.97 Å². The number of anilines is 1. The van der Waals surface area contributed by atoms with Crippen LogP contribution in [0.1, 0.15) is 23.2 Å². The fourth-order valence-electron chi connectivity index (χ4n) is 3.21. The maximum Gasteiger partial charge on any atom is 0.328 e. The van der Waals surface area contributed by atoms with Crippen molar-refractivity contribution >= 4 is 23.5 Å². The van der Waals surface area contributed by atoms with Crippen molar-refractivity contribution in [3.63, 3.8) is 0 Å². The van der Waals surface area contributed by atoms with Gasteiger partial charge < -0.3 is 29.3 Å². The number of likely N-dealkylation sites (tertiary alicyclic amines) is 1. The largest absolute Gasteiger partial charge is 0.493 e. The number of likely N-dealkylation sites (N-methyl/N-ethyl adjacent to an activating group) is 1. The highest BCUT2D eigenvalue weighted by Crippen LogP contribution is 2.37. The van der Waals surface area contributed by atoms with Crippen LogP contribution in [-0.2, 0) is 14.3 Å². The van der Waals surface area contributed by atoms with Crippen molar-refractivity contribution < 1.29 is 28.6 Å². The lowest BCUT2D eigenvalue weighted by Gasteiger charge is -2.24. The predicted octanol–water partition coefficient (Wildman–Crippen LogP) is 0.982. The number of methoxy groups -OCH3 is 3. The predicted molar refractivity (Wildman–Crippen MR) is 103 cm³/mol. The summed E-state index contributed by atoms with van der Waals surface area (Å²) in [4.78, 5) is 40.4. The number of carbonyl (C=O) groups excluding carboxylic acids is 3. The fraction of sp³-hybridized carbons (Fsp3) is 0.526. The van der Waals surface area contributed by atoms with Gasteiger partial charge in [-0.3, -0.25) is 9.59 Å². The van der Waals surface area contributed by atoms with Crippen LogP contribution < -0.4 is 14.8 Å². The Morgan fingerprint density at radius 3 is 2.46 bits per heavy atom. The Bertz CT molecular complexity index is 749. The summed E-state index contributed by atoms with van der Waals surface area (Å²) in [6.07, 6.45) is 1.27. The molecule has 1 aliphatic heterocycles. The highest BCUT2D eigenvalue weighted by molar-refractivity contribution is 6.01. The van der Waals surface area contributed by atoms with Gasteiger partial charge in [0, 0.05) is 12.1 Å². The third-order valence-corrected chi connectivity index (χ3v) is 4.45. The normalized spacial score (nSPS) is 16.1. The number of hydrogen-bond acceptors (Lipinski definition) is 7. The van der Waals surface area contributed by atoms with E-state index in [1.807, 2.05) is 0 Å². The molecule has 0 bridgehead atoms. The summed E-state index contributed by atoms with van der Waals surface area (Å²) in [5, 5.41) is 2.75. The summed E-state index contributed by atoms with van der Waals surface area (Å²) >= 11 is 0. The van der Waals surface area contributed by atoms with Crippen molar-refractivity contribution in [3.05, 3.63) is 17.7 Å². The van der Waals surface area contributed by atoms with Crippen LogP contribution in [0.2, 0.25) is 0 Å². The Kier molecular flexibility index (Phi) is 7.22. The van der Waals surface area contributed by atoms with Crippen LogP contribution in [0.3, 0.4) is 0 Å². The Morgan fingerprint density at radius 1 is 1.18 bits per heavy atom. The quantitative estimate of drug-likeness (QED) is 0.690. The minimum atomic E-state index is -0.614. The molecule has 1 atom stereocenters. The van der Waals surface area contributed by atoms with Gasteiger partial charge in [-0.25, -0.2) is 4.79 Å². The summed E-state index contributed by atoms with van der Waals surface area (Å²) in [5.74, 6) is -0.411. The highest BCUT2D eigenvalue weighted by Gasteiger charge is 2.35. The molecule has 1 N–H and O–H groups in total. The summed E-state index contributed by atoms with van der Waals surface area (Å²) in [7, 11) is 7.76. The van der Waals surface area contributed by atoms with Gasteiger partial charge in [0.1, 0.15) is 6.04 Å². The topological polar surface area (TPSA) is 97.4 Å². The number of esters is 1. The molecule has 1 aromatic carbocycles. The van der Waals surface area contributed by atoms with E-state index in [4.69, 9.17) is 14.2 Å². The van der Waals surface area contributed by atoms with Crippen LogP contribution in [0.5, 0.6) is 11.5 Å². The number of carbonyl (C=O) groups is 3. The first-order valence-corrected chi connectivity index (χ1v) is 8.91. The Morgan fingerprint density at radius 2 is 1.89 bits per heavy atom. The number of hydrogen-bond donors (Lipinski definition) is 1. The van der Waals surface area contributed by atoms with E-state index in [9.17, 15) is 14.4 Å². The van der Waals surface area contributed by atoms with Crippen LogP contribution in [0, 0.1) is 0 Å². The molecule has 0 unspecified atom stereocenters. The Labute approximate surface area is 164 Å². The molecule has 1 saturated heterocycles. The van der Waals surface area contributed by atoms with Gasteiger partial charge in [0.2, 0.25) is 5.91 Å². The standard InChI is InChI=1S/C19H27N3O6/c1-21(2)11-16(23)20-13-9-12(10-15(26-3)17(13)27-4)18(24)22-8-6-7-14(22)19(25)28-5/h9-10,14H,6-8,11H2,1-5H3,(H,20,23)/t14-/m1/s1. The van der Waals surface area contributed by atoms with Crippen molar-refractivity contribution in [1.82, 2.24) is 9.80 Å². The molecule has 0 radical (unpaired) electrons. The van der Waals surface area contributed by atoms with Gasteiger partial charge in [-0.05, 0) is 39.1 Å². The van der Waals surface area contributed by atoms with E-state index in [0.717, 1.165) is 0 Å². The molecular weight excluding hydrogens is 366 g/mol. The second-order valence-corrected chi connectivity index (χ2v) is 6.73. The van der Waals surface area contributed by atoms with Gasteiger partial charge in [0.05, 0.1) is 33.6 Å². The van der Waals surface area contributed by atoms with E-state index >= 15 is 0 Å². The third kappa shape index (κ3) is 4.72. The fourth-order valence-corrected chi connectivity index (χ4v) is 3.21. The second kappa shape index (κ2) is 9.41. The maximum absolute atomic E-state index is 13.1. The molecule has 0 spiro atoms. The number of ether oxygens (including phenoxy) is 3. The van der Waals surface area contributed by atoms with Crippen molar-refractivity contribution in [2.45, 2.75) is 18.9 Å². The van der Waals surface area contributed by atoms with Crippen LogP contribution in [0.15, 0.2) is 12.1 Å². The lowest BCUT2D eigenvalue weighted by Crippen LogP contribution is -2.41. The minimum Gasteiger partial charge on any atom is -0.493 e. The van der Waals surface area contributed by atoms with Gasteiger partial charge in [-0.15, -0.1) is 0 Å². The number of nitrogens with one attached hydrogen (secondary N) is 1. The summed E-state index contributed by atoms with van der Waals surface area (Å²) < 4.78 is 15.5. The molecule has 2 rings (SSSR count). The zero-order valence-electron chi connectivity index (χ0n) is 16.9. The molecular formula is C19H27N3O6. The number of nitrogens with zero attached hydrogens (tertiary/aromatic N) is 2. The molecule has 9 heteroatoms. The summed E-state index contributed by atoms with van der Waals surface area (Å²) in [5.41, 5.74) is 0.611. The first-order valence-electron chi connectivity index (χ1n) is 8.91. The monoisotopic (exact) mass is 393 g/mol. The molecule has 2 amide bonds. The zero-order valence-corrected chi connectivity index (χ0v) is 16.9. The lowest BCUT2D eigenvalue weighted by atomic mass is 10.1. The smallest absolute Gasteiger partial charge is 0.328 e. The van der Waals surface area contributed by atoms with E-state index in [1.54, 1.807) is 19.0 Å². The van der Waals surface area contributed by atoms with Crippen LogP contribution in [0.4, 0.5) is 5.69 Å². The molecule has 1 aliphatic rings. The molecule has 1 heterocycles. The molecule has 154 valence electrons. The first kappa shape index (κ1) is 21.5. The summed E-state index contributed by atoms with van der Waals surface area (Å²) in [6.45, 7) is 0.620. The van der Waals surface area contributed by atoms with Gasteiger partial charge in [-0.1, -0.05) is 0 Å². The molecule has 1 fully saturated rings. The average molecular weight is 393 g/mol. The highest BCUT2D eigenvalue weighted by atomic mass is 16.5. The SMILES string of the molecule is COC(=O)[C@H]1CCCN1C(=O)c1cc(NC(=O)CN(C)C)c(OC)c(OC)c1. The number of amides is 2. The van der Waals surface area contributed by atoms with E-state index in [-0.39, 0.29) is 23.9 Å². The Balaban J connectivity index is 2.38. The Hall–Kier alpha value is -2.81. The molecule has 0 saturated carbocycles. The second-order valence-electron chi connectivity index (χ2n) is 6.73. The van der Waals surface area contributed by atoms with Crippen molar-refractivity contribution in [1.29, 1.82) is 0 Å². The molecule has 9 nitrogen and oxygen atoms in total. The van der Waals surface area contributed by atoms with Crippen molar-refractivity contribution in [3.8, 4) is 11.5 Å². The van der Waals surface area contributed by atoms with Gasteiger partial charge in [0.25, 0.3) is 5.91 Å². The van der Waals surface area contributed by atoms with Gasteiger partial charge in [-0.2, -0.15) is 0 Å². The molecule has 0 aromatic heterocycles. The summed E-state index contributed by atoms with van der Waals surface area (Å²) in [6, 6.07) is 2.46. The number of rotatable bonds is 7. The van der Waals surface area contributed by atoms with Crippen molar-refractivity contribution in [2.75, 3.05) is 53.8 Å². The van der Waals surface area contributed by atoms with E-state index < -0.39 is 12.0 Å². The zero-order chi connectivity index (χ0) is 20.8. The van der Waals surface area contributed by atoms with E-state index in [1.165, 1.54) is 38.4 Å². The molecule has 0 aliphatic carbocycles. The van der Waals surface area contributed by atoms with Crippen molar-refractivity contribution in [2.24, 2.45) is 0 Å². The van der Waals surface area contributed by atoms with Gasteiger partial charge in [0.15, 0.2) is 11.5 Å². The van der Waals surface area contributed by atoms with Crippen LogP contribution in [0.25, 0.3) is 0 Å². The van der Waals surface area contributed by atoms with E-state index in [2.05, 4.69) is 5.32 Å². The minimum absolute atomic E-state index is 0.167. The lowest BCUT2D eigenvalue weighted by molar-refractivity contribution is -0.145. The average Bonchev–Trinajstić information content (AvgIpc) is 3.15. The molecule has 1 aromatic rings. The third-order valence-electron chi connectivity index (χ3n) is 4.45. The maximum atomic E-state index is 13.1. The van der Waals surface area contributed by atoms with E-state index in [0.29, 0.717) is 36.6 Å².